The molecule has 1 unspecified atom stereocenters. The van der Waals surface area contributed by atoms with E-state index in [9.17, 15) is 5.11 Å². The Bertz CT molecular complexity index is 378. The molecule has 1 aromatic rings. The lowest BCUT2D eigenvalue weighted by Gasteiger charge is -2.30. The van der Waals surface area contributed by atoms with Crippen LogP contribution in [0.3, 0.4) is 0 Å². The average molecular weight is 235 g/mol. The smallest absolute Gasteiger partial charge is 0.119 e. The van der Waals surface area contributed by atoms with Crippen molar-refractivity contribution in [3.8, 4) is 5.75 Å². The highest BCUT2D eigenvalue weighted by Gasteiger charge is 2.18. The Kier molecular flexibility index (Phi) is 4.02. The van der Waals surface area contributed by atoms with E-state index >= 15 is 0 Å². The number of nitrogens with zero attached hydrogens (tertiary/aromatic N) is 1. The first-order valence-corrected chi connectivity index (χ1v) is 6.29. The van der Waals surface area contributed by atoms with Crippen LogP contribution in [-0.2, 0) is 13.0 Å². The second kappa shape index (κ2) is 5.52. The highest BCUT2D eigenvalue weighted by Crippen LogP contribution is 2.23. The summed E-state index contributed by atoms with van der Waals surface area (Å²) >= 11 is 0. The van der Waals surface area contributed by atoms with Crippen molar-refractivity contribution in [3.05, 3.63) is 29.3 Å². The Morgan fingerprint density at radius 2 is 2.24 bits per heavy atom. The molecule has 0 aliphatic carbocycles. The monoisotopic (exact) mass is 235 g/mol. The molecule has 1 aliphatic rings. The van der Waals surface area contributed by atoms with E-state index in [1.165, 1.54) is 11.1 Å². The largest absolute Gasteiger partial charge is 0.497 e. The lowest BCUT2D eigenvalue weighted by molar-refractivity contribution is 0.102. The van der Waals surface area contributed by atoms with E-state index in [-0.39, 0.29) is 6.10 Å². The van der Waals surface area contributed by atoms with Gasteiger partial charge in [0.1, 0.15) is 5.75 Å². The molecule has 1 atom stereocenters. The van der Waals surface area contributed by atoms with Crippen LogP contribution in [0.2, 0.25) is 0 Å². The normalized spacial score (nSPS) is 17.6. The number of aliphatic hydroxyl groups excluding tert-OH is 1. The number of hydrogen-bond donors (Lipinski definition) is 1. The third-order valence-electron chi connectivity index (χ3n) is 3.44. The maximum absolute atomic E-state index is 9.69. The molecule has 0 amide bonds. The van der Waals surface area contributed by atoms with E-state index in [1.54, 1.807) is 7.11 Å². The Hall–Kier alpha value is -1.06. The molecule has 0 spiro atoms. The molecular formula is C14H21NO2. The van der Waals surface area contributed by atoms with E-state index in [0.717, 1.165) is 38.2 Å². The molecule has 0 radical (unpaired) electrons. The quantitative estimate of drug-likeness (QED) is 0.864. The first-order valence-electron chi connectivity index (χ1n) is 6.29. The van der Waals surface area contributed by atoms with E-state index < -0.39 is 0 Å². The zero-order valence-electron chi connectivity index (χ0n) is 10.6. The topological polar surface area (TPSA) is 32.7 Å². The summed E-state index contributed by atoms with van der Waals surface area (Å²) in [7, 11) is 1.70. The number of rotatable bonds is 4. The minimum atomic E-state index is -0.206. The van der Waals surface area contributed by atoms with E-state index in [4.69, 9.17) is 4.74 Å². The number of aliphatic hydroxyl groups is 1. The van der Waals surface area contributed by atoms with Crippen molar-refractivity contribution in [1.82, 2.24) is 4.90 Å². The van der Waals surface area contributed by atoms with Gasteiger partial charge >= 0.3 is 0 Å². The van der Waals surface area contributed by atoms with E-state index in [1.807, 2.05) is 13.0 Å². The van der Waals surface area contributed by atoms with Gasteiger partial charge in [0.05, 0.1) is 13.2 Å². The van der Waals surface area contributed by atoms with Crippen molar-refractivity contribution in [1.29, 1.82) is 0 Å². The van der Waals surface area contributed by atoms with Crippen LogP contribution in [-0.4, -0.2) is 36.3 Å². The second-order valence-electron chi connectivity index (χ2n) is 4.68. The summed E-state index contributed by atoms with van der Waals surface area (Å²) in [6.45, 7) is 4.75. The molecule has 17 heavy (non-hydrogen) atoms. The first-order chi connectivity index (χ1) is 8.22. The average Bonchev–Trinajstić information content (AvgIpc) is 2.37. The standard InChI is InChI=1S/C14H21NO2/c1-3-13(16)10-15-7-6-11-4-5-14(17-2)8-12(11)9-15/h4-5,8,13,16H,3,6-7,9-10H2,1-2H3. The van der Waals surface area contributed by atoms with Crippen LogP contribution >= 0.6 is 0 Å². The fourth-order valence-corrected chi connectivity index (χ4v) is 2.30. The van der Waals surface area contributed by atoms with Gasteiger partial charge in [-0.2, -0.15) is 0 Å². The van der Waals surface area contributed by atoms with Crippen molar-refractivity contribution >= 4 is 0 Å². The third-order valence-corrected chi connectivity index (χ3v) is 3.44. The van der Waals surface area contributed by atoms with Crippen LogP contribution < -0.4 is 4.74 Å². The molecule has 2 rings (SSSR count). The SMILES string of the molecule is CCC(O)CN1CCc2ccc(OC)cc2C1. The molecule has 1 aliphatic heterocycles. The lowest BCUT2D eigenvalue weighted by Crippen LogP contribution is -2.36. The van der Waals surface area contributed by atoms with Crippen molar-refractivity contribution < 1.29 is 9.84 Å². The van der Waals surface area contributed by atoms with Gasteiger partial charge in [0.15, 0.2) is 0 Å². The van der Waals surface area contributed by atoms with Gasteiger partial charge in [-0.3, -0.25) is 4.90 Å². The van der Waals surface area contributed by atoms with Gasteiger partial charge < -0.3 is 9.84 Å². The Morgan fingerprint density at radius 3 is 2.94 bits per heavy atom. The zero-order valence-corrected chi connectivity index (χ0v) is 10.6. The number of hydrogen-bond acceptors (Lipinski definition) is 3. The first kappa shape index (κ1) is 12.4. The van der Waals surface area contributed by atoms with E-state index in [0.29, 0.717) is 0 Å². The van der Waals surface area contributed by atoms with Gasteiger partial charge in [0.25, 0.3) is 0 Å². The number of methoxy groups -OCH3 is 1. The molecule has 3 heteroatoms. The Morgan fingerprint density at radius 1 is 1.41 bits per heavy atom. The van der Waals surface area contributed by atoms with Crippen LogP contribution in [0.4, 0.5) is 0 Å². The highest BCUT2D eigenvalue weighted by atomic mass is 16.5. The van der Waals surface area contributed by atoms with E-state index in [2.05, 4.69) is 17.0 Å². The minimum absolute atomic E-state index is 0.206. The van der Waals surface area contributed by atoms with Crippen LogP contribution in [0, 0.1) is 0 Å². The second-order valence-corrected chi connectivity index (χ2v) is 4.68. The van der Waals surface area contributed by atoms with Crippen LogP contribution in [0.1, 0.15) is 24.5 Å². The van der Waals surface area contributed by atoms with Gasteiger partial charge in [-0.15, -0.1) is 0 Å². The molecule has 0 aromatic heterocycles. The van der Waals surface area contributed by atoms with Crippen molar-refractivity contribution in [3.63, 3.8) is 0 Å². The fraction of sp³-hybridized carbons (Fsp3) is 0.571. The number of benzene rings is 1. The zero-order chi connectivity index (χ0) is 12.3. The van der Waals surface area contributed by atoms with Crippen LogP contribution in [0.15, 0.2) is 18.2 Å². The summed E-state index contributed by atoms with van der Waals surface area (Å²) in [6.07, 6.45) is 1.68. The summed E-state index contributed by atoms with van der Waals surface area (Å²) in [5.41, 5.74) is 2.74. The molecule has 1 aromatic carbocycles. The predicted molar refractivity (Wildman–Crippen MR) is 68.3 cm³/mol. The molecule has 0 saturated heterocycles. The van der Waals surface area contributed by atoms with Gasteiger partial charge in [0, 0.05) is 19.6 Å². The molecule has 0 saturated carbocycles. The third kappa shape index (κ3) is 2.99. The molecule has 94 valence electrons. The summed E-state index contributed by atoms with van der Waals surface area (Å²) in [5, 5.41) is 9.69. The van der Waals surface area contributed by atoms with Crippen molar-refractivity contribution in [2.75, 3.05) is 20.2 Å². The maximum atomic E-state index is 9.69. The number of ether oxygens (including phenoxy) is 1. The van der Waals surface area contributed by atoms with Crippen molar-refractivity contribution in [2.45, 2.75) is 32.4 Å². The van der Waals surface area contributed by atoms with Gasteiger partial charge in [0.2, 0.25) is 0 Å². The summed E-state index contributed by atoms with van der Waals surface area (Å²) in [5.74, 6) is 0.918. The number of fused-ring (bicyclic) bond motifs is 1. The molecule has 0 fully saturated rings. The molecule has 3 nitrogen and oxygen atoms in total. The summed E-state index contributed by atoms with van der Waals surface area (Å²) < 4.78 is 5.25. The van der Waals surface area contributed by atoms with Crippen LogP contribution in [0.25, 0.3) is 0 Å². The molecular weight excluding hydrogens is 214 g/mol. The molecule has 1 heterocycles. The van der Waals surface area contributed by atoms with Gasteiger partial charge in [-0.25, -0.2) is 0 Å². The molecule has 1 N–H and O–H groups in total. The number of β-amino-alcohol motifs (C(OH)–C–C–N with tert-alkyl or cyclic N) is 1. The highest BCUT2D eigenvalue weighted by molar-refractivity contribution is 5.37. The van der Waals surface area contributed by atoms with Crippen LogP contribution in [0.5, 0.6) is 5.75 Å². The van der Waals surface area contributed by atoms with Gasteiger partial charge in [-0.05, 0) is 36.1 Å². The predicted octanol–water partition coefficient (Wildman–Crippen LogP) is 1.82. The summed E-state index contributed by atoms with van der Waals surface area (Å²) in [6, 6.07) is 6.29. The van der Waals surface area contributed by atoms with Gasteiger partial charge in [-0.1, -0.05) is 13.0 Å². The summed E-state index contributed by atoms with van der Waals surface area (Å²) in [4.78, 5) is 2.32. The Labute approximate surface area is 103 Å². The Balaban J connectivity index is 2.06. The minimum Gasteiger partial charge on any atom is -0.497 e. The van der Waals surface area contributed by atoms with Crippen molar-refractivity contribution in [2.24, 2.45) is 0 Å². The fourth-order valence-electron chi connectivity index (χ4n) is 2.30. The maximum Gasteiger partial charge on any atom is 0.119 e. The molecule has 0 bridgehead atoms. The lowest BCUT2D eigenvalue weighted by atomic mass is 9.99.